The monoisotopic (exact) mass is 338 g/mol. The van der Waals surface area contributed by atoms with Crippen molar-refractivity contribution >= 4 is 5.96 Å². The number of hydrogen-bond acceptors (Lipinski definition) is 2. The number of nitrogens with zero attached hydrogens (tertiary/aromatic N) is 2. The van der Waals surface area contributed by atoms with E-state index in [0.29, 0.717) is 6.54 Å². The Morgan fingerprint density at radius 1 is 1.04 bits per heavy atom. The van der Waals surface area contributed by atoms with E-state index in [1.54, 1.807) is 7.05 Å². The van der Waals surface area contributed by atoms with Gasteiger partial charge in [0.05, 0.1) is 12.2 Å². The molecule has 4 nitrogen and oxygen atoms in total. The average Bonchev–Trinajstić information content (AvgIpc) is 2.57. The van der Waals surface area contributed by atoms with Gasteiger partial charge in [-0.05, 0) is 42.0 Å². The van der Waals surface area contributed by atoms with Crippen molar-refractivity contribution in [3.63, 3.8) is 0 Å². The maximum absolute atomic E-state index is 4.49. The van der Waals surface area contributed by atoms with Crippen LogP contribution in [0.1, 0.15) is 43.3 Å². The molecule has 0 saturated carbocycles. The molecule has 0 aliphatic heterocycles. The molecule has 0 bridgehead atoms. The van der Waals surface area contributed by atoms with E-state index < -0.39 is 0 Å². The number of aryl methyl sites for hydroxylation is 1. The lowest BCUT2D eigenvalue weighted by atomic mass is 9.86. The van der Waals surface area contributed by atoms with Crippen molar-refractivity contribution in [3.05, 3.63) is 65.0 Å². The summed E-state index contributed by atoms with van der Waals surface area (Å²) in [6, 6.07) is 14.9. The van der Waals surface area contributed by atoms with Crippen LogP contribution in [-0.4, -0.2) is 24.5 Å². The fraction of sp³-hybridized carbons (Fsp3) is 0.429. The van der Waals surface area contributed by atoms with Crippen LogP contribution >= 0.6 is 0 Å². The van der Waals surface area contributed by atoms with Crippen LogP contribution in [0.3, 0.4) is 0 Å². The maximum Gasteiger partial charge on any atom is 0.191 e. The van der Waals surface area contributed by atoms with Crippen LogP contribution in [0.2, 0.25) is 0 Å². The van der Waals surface area contributed by atoms with Crippen LogP contribution in [0.5, 0.6) is 0 Å². The van der Waals surface area contributed by atoms with E-state index in [9.17, 15) is 0 Å². The van der Waals surface area contributed by atoms with Gasteiger partial charge >= 0.3 is 0 Å². The second-order valence-electron chi connectivity index (χ2n) is 7.32. The van der Waals surface area contributed by atoms with Crippen molar-refractivity contribution in [1.29, 1.82) is 0 Å². The first-order valence-corrected chi connectivity index (χ1v) is 8.85. The molecule has 0 radical (unpaired) electrons. The van der Waals surface area contributed by atoms with Crippen LogP contribution < -0.4 is 10.6 Å². The summed E-state index contributed by atoms with van der Waals surface area (Å²) in [5, 5.41) is 6.66. The van der Waals surface area contributed by atoms with E-state index in [0.717, 1.165) is 30.3 Å². The smallest absolute Gasteiger partial charge is 0.191 e. The van der Waals surface area contributed by atoms with Crippen molar-refractivity contribution in [2.45, 2.75) is 46.1 Å². The number of pyridine rings is 1. The first kappa shape index (κ1) is 19.0. The Kier molecular flexibility index (Phi) is 6.57. The van der Waals surface area contributed by atoms with E-state index in [1.165, 1.54) is 11.1 Å². The molecule has 2 N–H and O–H groups in total. The SMILES string of the molecule is CN=C(NCCc1ccc(C(C)(C)C)cc1)NCc1cccc(C)n1. The van der Waals surface area contributed by atoms with Gasteiger partial charge in [0, 0.05) is 19.3 Å². The lowest BCUT2D eigenvalue weighted by Gasteiger charge is -2.19. The quantitative estimate of drug-likeness (QED) is 0.647. The summed E-state index contributed by atoms with van der Waals surface area (Å²) in [5.41, 5.74) is 4.94. The summed E-state index contributed by atoms with van der Waals surface area (Å²) in [4.78, 5) is 8.76. The zero-order valence-corrected chi connectivity index (χ0v) is 16.1. The summed E-state index contributed by atoms with van der Waals surface area (Å²) < 4.78 is 0. The summed E-state index contributed by atoms with van der Waals surface area (Å²) in [5.74, 6) is 0.801. The highest BCUT2D eigenvalue weighted by atomic mass is 15.2. The van der Waals surface area contributed by atoms with Crippen molar-refractivity contribution in [2.75, 3.05) is 13.6 Å². The van der Waals surface area contributed by atoms with E-state index >= 15 is 0 Å². The fourth-order valence-electron chi connectivity index (χ4n) is 2.59. The predicted octanol–water partition coefficient (Wildman–Crippen LogP) is 3.60. The van der Waals surface area contributed by atoms with Crippen molar-refractivity contribution < 1.29 is 0 Å². The van der Waals surface area contributed by atoms with Gasteiger partial charge in [-0.1, -0.05) is 51.1 Å². The second-order valence-corrected chi connectivity index (χ2v) is 7.32. The maximum atomic E-state index is 4.49. The Morgan fingerprint density at radius 2 is 1.76 bits per heavy atom. The minimum atomic E-state index is 0.201. The van der Waals surface area contributed by atoms with Crippen LogP contribution in [0, 0.1) is 6.92 Å². The number of guanidine groups is 1. The topological polar surface area (TPSA) is 49.3 Å². The highest BCUT2D eigenvalue weighted by Crippen LogP contribution is 2.22. The van der Waals surface area contributed by atoms with Crippen molar-refractivity contribution in [2.24, 2.45) is 4.99 Å². The molecule has 0 spiro atoms. The molecule has 2 rings (SSSR count). The van der Waals surface area contributed by atoms with E-state index in [1.807, 2.05) is 25.1 Å². The highest BCUT2D eigenvalue weighted by molar-refractivity contribution is 5.79. The van der Waals surface area contributed by atoms with Crippen LogP contribution in [0.15, 0.2) is 47.5 Å². The molecule has 0 atom stereocenters. The van der Waals surface area contributed by atoms with Gasteiger partial charge in [-0.3, -0.25) is 9.98 Å². The first-order chi connectivity index (χ1) is 11.9. The third-order valence-electron chi connectivity index (χ3n) is 4.13. The third kappa shape index (κ3) is 6.22. The first-order valence-electron chi connectivity index (χ1n) is 8.85. The predicted molar refractivity (Wildman–Crippen MR) is 106 cm³/mol. The lowest BCUT2D eigenvalue weighted by molar-refractivity contribution is 0.590. The van der Waals surface area contributed by atoms with Gasteiger partial charge in [0.1, 0.15) is 0 Å². The average molecular weight is 338 g/mol. The van der Waals surface area contributed by atoms with Crippen molar-refractivity contribution in [1.82, 2.24) is 15.6 Å². The van der Waals surface area contributed by atoms with Gasteiger partial charge < -0.3 is 10.6 Å². The van der Waals surface area contributed by atoms with Gasteiger partial charge in [0.25, 0.3) is 0 Å². The van der Waals surface area contributed by atoms with Crippen LogP contribution in [-0.2, 0) is 18.4 Å². The third-order valence-corrected chi connectivity index (χ3v) is 4.13. The number of aliphatic imine (C=N–C) groups is 1. The zero-order chi connectivity index (χ0) is 18.3. The molecule has 1 aromatic carbocycles. The van der Waals surface area contributed by atoms with Gasteiger partial charge in [0.15, 0.2) is 5.96 Å². The van der Waals surface area contributed by atoms with E-state index in [4.69, 9.17) is 0 Å². The molecule has 0 saturated heterocycles. The van der Waals surface area contributed by atoms with Gasteiger partial charge in [0.2, 0.25) is 0 Å². The molecule has 4 heteroatoms. The normalized spacial score (nSPS) is 12.1. The van der Waals surface area contributed by atoms with Gasteiger partial charge in [-0.2, -0.15) is 0 Å². The number of rotatable bonds is 5. The molecule has 2 aromatic rings. The minimum Gasteiger partial charge on any atom is -0.356 e. The molecular weight excluding hydrogens is 308 g/mol. The summed E-state index contributed by atoms with van der Waals surface area (Å²) in [7, 11) is 1.79. The molecule has 25 heavy (non-hydrogen) atoms. The molecule has 0 amide bonds. The number of aromatic nitrogens is 1. The molecule has 1 heterocycles. The molecule has 1 aromatic heterocycles. The lowest BCUT2D eigenvalue weighted by Crippen LogP contribution is -2.38. The highest BCUT2D eigenvalue weighted by Gasteiger charge is 2.12. The largest absolute Gasteiger partial charge is 0.356 e. The Balaban J connectivity index is 1.79. The Hall–Kier alpha value is -2.36. The number of nitrogens with one attached hydrogen (secondary N) is 2. The van der Waals surface area contributed by atoms with E-state index in [-0.39, 0.29) is 5.41 Å². The Bertz CT molecular complexity index is 697. The standard InChI is InChI=1S/C21H30N4/c1-16-7-6-8-19(25-16)15-24-20(22-5)23-14-13-17-9-11-18(12-10-17)21(2,3)4/h6-12H,13-15H2,1-5H3,(H2,22,23,24). The molecule has 134 valence electrons. The Morgan fingerprint density at radius 3 is 2.36 bits per heavy atom. The zero-order valence-electron chi connectivity index (χ0n) is 16.1. The second kappa shape index (κ2) is 8.65. The Labute approximate surface area is 151 Å². The van der Waals surface area contributed by atoms with E-state index in [2.05, 4.69) is 65.6 Å². The summed E-state index contributed by atoms with van der Waals surface area (Å²) in [6.07, 6.45) is 0.966. The minimum absolute atomic E-state index is 0.201. The van der Waals surface area contributed by atoms with Crippen LogP contribution in [0.25, 0.3) is 0 Å². The fourth-order valence-corrected chi connectivity index (χ4v) is 2.59. The van der Waals surface area contributed by atoms with Gasteiger partial charge in [-0.25, -0.2) is 0 Å². The van der Waals surface area contributed by atoms with Crippen molar-refractivity contribution in [3.8, 4) is 0 Å². The van der Waals surface area contributed by atoms with Crippen LogP contribution in [0.4, 0.5) is 0 Å². The molecule has 0 unspecified atom stereocenters. The molecule has 0 fully saturated rings. The summed E-state index contributed by atoms with van der Waals surface area (Å²) >= 11 is 0. The molecule has 0 aliphatic carbocycles. The van der Waals surface area contributed by atoms with Gasteiger partial charge in [-0.15, -0.1) is 0 Å². The number of benzene rings is 1. The molecular formula is C21H30N4. The number of hydrogen-bond donors (Lipinski definition) is 2. The summed E-state index contributed by atoms with van der Waals surface area (Å²) in [6.45, 7) is 10.2. The molecule has 0 aliphatic rings.